The van der Waals surface area contributed by atoms with Gasteiger partial charge in [0.15, 0.2) is 0 Å². The lowest BCUT2D eigenvalue weighted by Crippen LogP contribution is -2.05. The molecule has 20 heavy (non-hydrogen) atoms. The number of methoxy groups -OCH3 is 1. The minimum absolute atomic E-state index is 0.272. The zero-order chi connectivity index (χ0) is 14.7. The molecule has 1 unspecified atom stereocenters. The van der Waals surface area contributed by atoms with E-state index in [0.717, 1.165) is 14.5 Å². The van der Waals surface area contributed by atoms with Crippen LogP contribution in [0.1, 0.15) is 17.2 Å². The van der Waals surface area contributed by atoms with Crippen LogP contribution in [-0.4, -0.2) is 12.2 Å². The van der Waals surface area contributed by atoms with Crippen LogP contribution in [-0.2, 0) is 6.42 Å². The van der Waals surface area contributed by atoms with E-state index in [9.17, 15) is 9.50 Å². The van der Waals surface area contributed by atoms with Gasteiger partial charge in [-0.05, 0) is 42.0 Å². The first-order valence-electron chi connectivity index (χ1n) is 5.96. The maximum atomic E-state index is 13.8. The van der Waals surface area contributed by atoms with Crippen molar-refractivity contribution in [3.63, 3.8) is 0 Å². The Labute approximate surface area is 133 Å². The third-order valence-corrected chi connectivity index (χ3v) is 4.25. The van der Waals surface area contributed by atoms with E-state index in [2.05, 4.69) is 31.9 Å². The average Bonchev–Trinajstić information content (AvgIpc) is 2.43. The summed E-state index contributed by atoms with van der Waals surface area (Å²) in [6.45, 7) is 0. The van der Waals surface area contributed by atoms with Gasteiger partial charge in [0.2, 0.25) is 0 Å². The van der Waals surface area contributed by atoms with Crippen molar-refractivity contribution in [3.8, 4) is 5.75 Å². The third kappa shape index (κ3) is 3.59. The quantitative estimate of drug-likeness (QED) is 0.805. The Balaban J connectivity index is 2.27. The van der Waals surface area contributed by atoms with Crippen molar-refractivity contribution in [2.75, 3.05) is 7.11 Å². The van der Waals surface area contributed by atoms with E-state index in [0.29, 0.717) is 12.2 Å². The Morgan fingerprint density at radius 1 is 1.20 bits per heavy atom. The van der Waals surface area contributed by atoms with Crippen molar-refractivity contribution in [2.24, 2.45) is 0 Å². The highest BCUT2D eigenvalue weighted by molar-refractivity contribution is 9.10. The van der Waals surface area contributed by atoms with E-state index in [1.165, 1.54) is 6.07 Å². The molecule has 0 bridgehead atoms. The molecule has 2 rings (SSSR count). The normalized spacial score (nSPS) is 12.2. The summed E-state index contributed by atoms with van der Waals surface area (Å²) in [5.41, 5.74) is 1.13. The van der Waals surface area contributed by atoms with Gasteiger partial charge < -0.3 is 9.84 Å². The maximum Gasteiger partial charge on any atom is 0.129 e. The smallest absolute Gasteiger partial charge is 0.129 e. The summed E-state index contributed by atoms with van der Waals surface area (Å²) < 4.78 is 20.5. The Morgan fingerprint density at radius 3 is 2.65 bits per heavy atom. The first-order valence-corrected chi connectivity index (χ1v) is 7.55. The molecule has 0 spiro atoms. The fourth-order valence-corrected chi connectivity index (χ4v) is 2.71. The number of aliphatic hydroxyl groups excluding tert-OH is 1. The zero-order valence-electron chi connectivity index (χ0n) is 10.7. The molecule has 0 fully saturated rings. The number of halogens is 3. The van der Waals surface area contributed by atoms with E-state index < -0.39 is 11.9 Å². The molecule has 2 nitrogen and oxygen atoms in total. The Morgan fingerprint density at radius 2 is 1.95 bits per heavy atom. The van der Waals surface area contributed by atoms with Crippen LogP contribution in [0.15, 0.2) is 45.3 Å². The number of hydrogen-bond acceptors (Lipinski definition) is 2. The van der Waals surface area contributed by atoms with Crippen molar-refractivity contribution in [1.82, 2.24) is 0 Å². The standard InChI is InChI=1S/C15H13Br2FO2/c1-20-11-3-4-13(17)9(6-11)7-15(19)12-8-10(16)2-5-14(12)18/h2-6,8,15,19H,7H2,1H3. The van der Waals surface area contributed by atoms with Crippen molar-refractivity contribution in [1.29, 1.82) is 0 Å². The zero-order valence-corrected chi connectivity index (χ0v) is 13.9. The molecule has 0 aliphatic rings. The summed E-state index contributed by atoms with van der Waals surface area (Å²) in [6, 6.07) is 10.0. The average molecular weight is 404 g/mol. The van der Waals surface area contributed by atoms with Gasteiger partial charge in [-0.2, -0.15) is 0 Å². The molecule has 0 saturated heterocycles. The summed E-state index contributed by atoms with van der Waals surface area (Å²) in [7, 11) is 1.58. The van der Waals surface area contributed by atoms with E-state index >= 15 is 0 Å². The molecule has 0 heterocycles. The summed E-state index contributed by atoms with van der Waals surface area (Å²) in [5, 5.41) is 10.2. The number of ether oxygens (including phenoxy) is 1. The third-order valence-electron chi connectivity index (χ3n) is 2.98. The Kier molecular flexibility index (Phi) is 5.18. The van der Waals surface area contributed by atoms with Crippen LogP contribution in [0.25, 0.3) is 0 Å². The van der Waals surface area contributed by atoms with Gasteiger partial charge in [0.05, 0.1) is 13.2 Å². The molecule has 0 radical (unpaired) electrons. The molecule has 2 aromatic carbocycles. The summed E-state index contributed by atoms with van der Waals surface area (Å²) in [5.74, 6) is 0.282. The summed E-state index contributed by atoms with van der Waals surface area (Å²) in [6.07, 6.45) is -0.624. The molecule has 2 aromatic rings. The van der Waals surface area contributed by atoms with Gasteiger partial charge in [-0.3, -0.25) is 0 Å². The van der Waals surface area contributed by atoms with E-state index in [1.807, 2.05) is 18.2 Å². The number of rotatable bonds is 4. The maximum absolute atomic E-state index is 13.8. The molecule has 1 atom stereocenters. The van der Waals surface area contributed by atoms with Gasteiger partial charge in [0, 0.05) is 20.9 Å². The second kappa shape index (κ2) is 6.70. The molecule has 0 aliphatic carbocycles. The van der Waals surface area contributed by atoms with Gasteiger partial charge >= 0.3 is 0 Å². The molecule has 5 heteroatoms. The summed E-state index contributed by atoms with van der Waals surface area (Å²) >= 11 is 6.70. The van der Waals surface area contributed by atoms with Gasteiger partial charge in [0.25, 0.3) is 0 Å². The van der Waals surface area contributed by atoms with Crippen LogP contribution >= 0.6 is 31.9 Å². The van der Waals surface area contributed by atoms with Crippen molar-refractivity contribution < 1.29 is 14.2 Å². The second-order valence-corrected chi connectivity index (χ2v) is 6.11. The van der Waals surface area contributed by atoms with E-state index in [-0.39, 0.29) is 5.56 Å². The highest BCUT2D eigenvalue weighted by Gasteiger charge is 2.16. The highest BCUT2D eigenvalue weighted by atomic mass is 79.9. The summed E-state index contributed by atoms with van der Waals surface area (Å²) in [4.78, 5) is 0. The Hall–Kier alpha value is -0.910. The fourth-order valence-electron chi connectivity index (χ4n) is 1.92. The van der Waals surface area contributed by atoms with Crippen LogP contribution in [0.5, 0.6) is 5.75 Å². The lowest BCUT2D eigenvalue weighted by molar-refractivity contribution is 0.173. The number of benzene rings is 2. The van der Waals surface area contributed by atoms with Gasteiger partial charge in [-0.15, -0.1) is 0 Å². The molecule has 0 saturated carbocycles. The first-order chi connectivity index (χ1) is 9.51. The monoisotopic (exact) mass is 402 g/mol. The minimum atomic E-state index is -0.920. The van der Waals surface area contributed by atoms with Crippen LogP contribution in [0.4, 0.5) is 4.39 Å². The Bertz CT molecular complexity index is 617. The largest absolute Gasteiger partial charge is 0.497 e. The number of hydrogen-bond donors (Lipinski definition) is 1. The van der Waals surface area contributed by atoms with Crippen LogP contribution in [0, 0.1) is 5.82 Å². The van der Waals surface area contributed by atoms with Crippen LogP contribution < -0.4 is 4.74 Å². The molecular weight excluding hydrogens is 391 g/mol. The molecule has 106 valence electrons. The van der Waals surface area contributed by atoms with Crippen LogP contribution in [0.3, 0.4) is 0 Å². The predicted octanol–water partition coefficient (Wildman–Crippen LogP) is 4.64. The first kappa shape index (κ1) is 15.5. The lowest BCUT2D eigenvalue weighted by Gasteiger charge is -2.14. The van der Waals surface area contributed by atoms with Crippen molar-refractivity contribution >= 4 is 31.9 Å². The van der Waals surface area contributed by atoms with E-state index in [4.69, 9.17) is 4.74 Å². The minimum Gasteiger partial charge on any atom is -0.497 e. The van der Waals surface area contributed by atoms with Gasteiger partial charge in [-0.1, -0.05) is 31.9 Å². The molecule has 0 amide bonds. The predicted molar refractivity (Wildman–Crippen MR) is 83.5 cm³/mol. The second-order valence-electron chi connectivity index (χ2n) is 4.34. The molecular formula is C15H13Br2FO2. The van der Waals surface area contributed by atoms with E-state index in [1.54, 1.807) is 19.2 Å². The van der Waals surface area contributed by atoms with Gasteiger partial charge in [-0.25, -0.2) is 4.39 Å². The SMILES string of the molecule is COc1ccc(Br)c(CC(O)c2cc(Br)ccc2F)c1. The fraction of sp³-hybridized carbons (Fsp3) is 0.200. The van der Waals surface area contributed by atoms with Crippen molar-refractivity contribution in [2.45, 2.75) is 12.5 Å². The lowest BCUT2D eigenvalue weighted by atomic mass is 10.0. The molecule has 0 aliphatic heterocycles. The molecule has 1 N–H and O–H groups in total. The number of aliphatic hydroxyl groups is 1. The van der Waals surface area contributed by atoms with Crippen LogP contribution in [0.2, 0.25) is 0 Å². The topological polar surface area (TPSA) is 29.5 Å². The van der Waals surface area contributed by atoms with Gasteiger partial charge in [0.1, 0.15) is 11.6 Å². The highest BCUT2D eigenvalue weighted by Crippen LogP contribution is 2.29. The van der Waals surface area contributed by atoms with Crippen molar-refractivity contribution in [3.05, 3.63) is 62.3 Å². The molecule has 0 aromatic heterocycles.